The van der Waals surface area contributed by atoms with E-state index >= 15 is 0 Å². The maximum Gasteiger partial charge on any atom is 0.259 e. The Morgan fingerprint density at radius 1 is 1.00 bits per heavy atom. The van der Waals surface area contributed by atoms with Crippen LogP contribution in [0.5, 0.6) is 5.75 Å². The largest absolute Gasteiger partial charge is 0.496 e. The number of furan rings is 1. The van der Waals surface area contributed by atoms with Gasteiger partial charge in [-0.05, 0) is 36.4 Å². The van der Waals surface area contributed by atoms with Crippen LogP contribution >= 0.6 is 11.6 Å². The van der Waals surface area contributed by atoms with E-state index in [2.05, 4.69) is 5.32 Å². The molecular formula is C20H14ClNO3. The molecule has 0 fully saturated rings. The molecule has 0 atom stereocenters. The van der Waals surface area contributed by atoms with Gasteiger partial charge in [0.2, 0.25) is 0 Å². The first-order valence-corrected chi connectivity index (χ1v) is 8.10. The lowest BCUT2D eigenvalue weighted by Crippen LogP contribution is -2.13. The van der Waals surface area contributed by atoms with Gasteiger partial charge in [-0.2, -0.15) is 0 Å². The van der Waals surface area contributed by atoms with E-state index in [1.165, 1.54) is 7.11 Å². The van der Waals surface area contributed by atoms with Gasteiger partial charge >= 0.3 is 0 Å². The summed E-state index contributed by atoms with van der Waals surface area (Å²) in [6.07, 6.45) is 0. The molecule has 0 bridgehead atoms. The number of amides is 1. The van der Waals surface area contributed by atoms with E-state index in [0.717, 1.165) is 21.9 Å². The van der Waals surface area contributed by atoms with E-state index in [4.69, 9.17) is 20.8 Å². The van der Waals surface area contributed by atoms with Crippen molar-refractivity contribution in [2.24, 2.45) is 0 Å². The van der Waals surface area contributed by atoms with Gasteiger partial charge in [-0.25, -0.2) is 0 Å². The molecule has 4 nitrogen and oxygen atoms in total. The molecule has 1 aromatic heterocycles. The Hall–Kier alpha value is -2.98. The second kappa shape index (κ2) is 6.15. The van der Waals surface area contributed by atoms with Crippen LogP contribution in [-0.2, 0) is 0 Å². The molecule has 0 aliphatic heterocycles. The smallest absolute Gasteiger partial charge is 0.259 e. The normalized spacial score (nSPS) is 11.0. The average Bonchev–Trinajstić information content (AvgIpc) is 2.99. The van der Waals surface area contributed by atoms with Crippen LogP contribution in [0.4, 0.5) is 5.69 Å². The van der Waals surface area contributed by atoms with Crippen LogP contribution in [-0.4, -0.2) is 13.0 Å². The third kappa shape index (κ3) is 2.81. The monoisotopic (exact) mass is 351 g/mol. The van der Waals surface area contributed by atoms with Crippen LogP contribution < -0.4 is 10.1 Å². The molecule has 1 heterocycles. The van der Waals surface area contributed by atoms with Gasteiger partial charge in [0.1, 0.15) is 16.9 Å². The number of fused-ring (bicyclic) bond motifs is 3. The lowest BCUT2D eigenvalue weighted by molar-refractivity contribution is 0.102. The van der Waals surface area contributed by atoms with Crippen molar-refractivity contribution in [3.05, 3.63) is 71.2 Å². The number of carbonyl (C=O) groups is 1. The molecule has 0 saturated heterocycles. The number of halogens is 1. The first kappa shape index (κ1) is 15.5. The highest BCUT2D eigenvalue weighted by Crippen LogP contribution is 2.31. The summed E-state index contributed by atoms with van der Waals surface area (Å²) >= 11 is 5.99. The van der Waals surface area contributed by atoms with Gasteiger partial charge < -0.3 is 14.5 Å². The molecular weight excluding hydrogens is 338 g/mol. The predicted octanol–water partition coefficient (Wildman–Crippen LogP) is 5.50. The van der Waals surface area contributed by atoms with E-state index in [1.807, 2.05) is 42.5 Å². The lowest BCUT2D eigenvalue weighted by Gasteiger charge is -2.09. The first-order valence-electron chi connectivity index (χ1n) is 7.72. The fourth-order valence-corrected chi connectivity index (χ4v) is 3.03. The summed E-state index contributed by atoms with van der Waals surface area (Å²) in [6, 6.07) is 18.3. The molecule has 0 radical (unpaired) electrons. The van der Waals surface area contributed by atoms with Crippen LogP contribution in [0.15, 0.2) is 65.1 Å². The fraction of sp³-hybridized carbons (Fsp3) is 0.0500. The van der Waals surface area contributed by atoms with E-state index in [-0.39, 0.29) is 5.91 Å². The van der Waals surface area contributed by atoms with Gasteiger partial charge in [0.05, 0.1) is 12.7 Å². The highest BCUT2D eigenvalue weighted by molar-refractivity contribution is 6.31. The van der Waals surface area contributed by atoms with Crippen LogP contribution in [0.2, 0.25) is 5.02 Å². The van der Waals surface area contributed by atoms with E-state index in [1.54, 1.807) is 18.2 Å². The first-order chi connectivity index (χ1) is 12.2. The minimum atomic E-state index is -0.296. The Morgan fingerprint density at radius 2 is 1.80 bits per heavy atom. The third-order valence-electron chi connectivity index (χ3n) is 4.04. The molecule has 4 aromatic rings. The number of rotatable bonds is 3. The van der Waals surface area contributed by atoms with Crippen molar-refractivity contribution < 1.29 is 13.9 Å². The number of methoxy groups -OCH3 is 1. The van der Waals surface area contributed by atoms with Gasteiger partial charge in [-0.1, -0.05) is 29.8 Å². The molecule has 1 amide bonds. The molecule has 0 aliphatic carbocycles. The number of nitrogens with one attached hydrogen (secondary N) is 1. The molecule has 0 aliphatic rings. The number of para-hydroxylation sites is 1. The number of hydrogen-bond acceptors (Lipinski definition) is 3. The van der Waals surface area contributed by atoms with Crippen molar-refractivity contribution in [2.45, 2.75) is 0 Å². The van der Waals surface area contributed by atoms with Gasteiger partial charge in [0.15, 0.2) is 0 Å². The Morgan fingerprint density at radius 3 is 2.64 bits per heavy atom. The minimum Gasteiger partial charge on any atom is -0.496 e. The maximum absolute atomic E-state index is 12.6. The molecule has 1 N–H and O–H groups in total. The zero-order valence-electron chi connectivity index (χ0n) is 13.4. The average molecular weight is 352 g/mol. The Kier molecular flexibility index (Phi) is 3.82. The van der Waals surface area contributed by atoms with Gasteiger partial charge in [0.25, 0.3) is 5.91 Å². The minimum absolute atomic E-state index is 0.296. The Bertz CT molecular complexity index is 1100. The molecule has 4 rings (SSSR count). The number of carbonyl (C=O) groups excluding carboxylic acids is 1. The molecule has 5 heteroatoms. The molecule has 0 spiro atoms. The van der Waals surface area contributed by atoms with Gasteiger partial charge in [-0.15, -0.1) is 0 Å². The quantitative estimate of drug-likeness (QED) is 0.530. The Labute approximate surface area is 149 Å². The number of hydrogen-bond donors (Lipinski definition) is 1. The van der Waals surface area contributed by atoms with Crippen molar-refractivity contribution in [2.75, 3.05) is 12.4 Å². The van der Waals surface area contributed by atoms with Gasteiger partial charge in [0, 0.05) is 27.5 Å². The predicted molar refractivity (Wildman–Crippen MR) is 99.7 cm³/mol. The molecule has 25 heavy (non-hydrogen) atoms. The highest BCUT2D eigenvalue weighted by atomic mass is 35.5. The summed E-state index contributed by atoms with van der Waals surface area (Å²) in [5, 5.41) is 5.39. The van der Waals surface area contributed by atoms with Crippen molar-refractivity contribution in [1.82, 2.24) is 0 Å². The molecule has 124 valence electrons. The summed E-state index contributed by atoms with van der Waals surface area (Å²) in [5.41, 5.74) is 2.55. The van der Waals surface area contributed by atoms with E-state index in [0.29, 0.717) is 22.0 Å². The zero-order chi connectivity index (χ0) is 17.4. The number of benzene rings is 3. The van der Waals surface area contributed by atoms with Gasteiger partial charge in [-0.3, -0.25) is 4.79 Å². The lowest BCUT2D eigenvalue weighted by atomic mass is 10.1. The van der Waals surface area contributed by atoms with Crippen LogP contribution in [0.3, 0.4) is 0 Å². The van der Waals surface area contributed by atoms with E-state index in [9.17, 15) is 4.79 Å². The SMILES string of the molecule is COc1ccc(Cl)cc1C(=O)Nc1ccc2c(c1)oc1ccccc12. The summed E-state index contributed by atoms with van der Waals surface area (Å²) in [5.74, 6) is 0.168. The summed E-state index contributed by atoms with van der Waals surface area (Å²) in [4.78, 5) is 12.6. The van der Waals surface area contributed by atoms with Crippen molar-refractivity contribution >= 4 is 45.1 Å². The molecule has 3 aromatic carbocycles. The van der Waals surface area contributed by atoms with E-state index < -0.39 is 0 Å². The second-order valence-corrected chi connectivity index (χ2v) is 6.04. The van der Waals surface area contributed by atoms with Crippen LogP contribution in [0.1, 0.15) is 10.4 Å². The number of ether oxygens (including phenoxy) is 1. The second-order valence-electron chi connectivity index (χ2n) is 5.61. The zero-order valence-corrected chi connectivity index (χ0v) is 14.1. The summed E-state index contributed by atoms with van der Waals surface area (Å²) in [6.45, 7) is 0. The third-order valence-corrected chi connectivity index (χ3v) is 4.28. The molecule has 0 unspecified atom stereocenters. The standard InChI is InChI=1S/C20H14ClNO3/c1-24-17-9-6-12(21)10-16(17)20(23)22-13-7-8-15-14-4-2-3-5-18(14)25-19(15)11-13/h2-11H,1H3,(H,22,23). The topological polar surface area (TPSA) is 51.5 Å². The van der Waals surface area contributed by atoms with Crippen molar-refractivity contribution in [1.29, 1.82) is 0 Å². The molecule has 0 saturated carbocycles. The van der Waals surface area contributed by atoms with Crippen molar-refractivity contribution in [3.63, 3.8) is 0 Å². The number of anilines is 1. The summed E-state index contributed by atoms with van der Waals surface area (Å²) in [7, 11) is 1.51. The maximum atomic E-state index is 12.6. The highest BCUT2D eigenvalue weighted by Gasteiger charge is 2.14. The van der Waals surface area contributed by atoms with Crippen molar-refractivity contribution in [3.8, 4) is 5.75 Å². The summed E-state index contributed by atoms with van der Waals surface area (Å²) < 4.78 is 11.1. The Balaban J connectivity index is 1.70. The van der Waals surface area contributed by atoms with Crippen LogP contribution in [0.25, 0.3) is 21.9 Å². The van der Waals surface area contributed by atoms with Crippen LogP contribution in [0, 0.1) is 0 Å². The fourth-order valence-electron chi connectivity index (χ4n) is 2.86.